The van der Waals surface area contributed by atoms with E-state index in [0.717, 1.165) is 50.5 Å². The van der Waals surface area contributed by atoms with Gasteiger partial charge < -0.3 is 10.1 Å². The number of ether oxygens (including phenoxy) is 1. The van der Waals surface area contributed by atoms with Gasteiger partial charge in [-0.1, -0.05) is 54.6 Å². The summed E-state index contributed by atoms with van der Waals surface area (Å²) in [4.78, 5) is 11.8. The molecule has 5 rings (SSSR count). The summed E-state index contributed by atoms with van der Waals surface area (Å²) in [6, 6.07) is 27.9. The van der Waals surface area contributed by atoms with Gasteiger partial charge in [-0.3, -0.25) is 14.9 Å². The second-order valence-electron chi connectivity index (χ2n) is 9.42. The number of rotatable bonds is 10. The molecular formula is C31H34N4O. The fraction of sp³-hybridized carbons (Fsp3) is 0.290. The minimum Gasteiger partial charge on any atom is -0.496 e. The molecule has 36 heavy (non-hydrogen) atoms. The summed E-state index contributed by atoms with van der Waals surface area (Å²) >= 11 is 0. The molecule has 2 aromatic carbocycles. The first kappa shape index (κ1) is 24.2. The van der Waals surface area contributed by atoms with Crippen molar-refractivity contribution >= 4 is 0 Å². The van der Waals surface area contributed by atoms with Crippen molar-refractivity contribution in [3.05, 3.63) is 125 Å². The number of hydrogen-bond donors (Lipinski definition) is 1. The fourth-order valence-electron chi connectivity index (χ4n) is 5.18. The third-order valence-corrected chi connectivity index (χ3v) is 6.91. The van der Waals surface area contributed by atoms with E-state index in [9.17, 15) is 0 Å². The Morgan fingerprint density at radius 1 is 0.861 bits per heavy atom. The Morgan fingerprint density at radius 3 is 2.61 bits per heavy atom. The molecule has 0 aliphatic heterocycles. The zero-order valence-electron chi connectivity index (χ0n) is 20.9. The number of hydrogen-bond acceptors (Lipinski definition) is 5. The van der Waals surface area contributed by atoms with Gasteiger partial charge in [-0.05, 0) is 60.2 Å². The van der Waals surface area contributed by atoms with Crippen LogP contribution in [0.5, 0.6) is 5.75 Å². The largest absolute Gasteiger partial charge is 0.496 e. The number of aromatic nitrogens is 2. The van der Waals surface area contributed by atoms with Crippen LogP contribution >= 0.6 is 0 Å². The maximum Gasteiger partial charge on any atom is 0.123 e. The predicted octanol–water partition coefficient (Wildman–Crippen LogP) is 5.85. The minimum absolute atomic E-state index is 0.283. The van der Waals surface area contributed by atoms with Crippen molar-refractivity contribution in [3.8, 4) is 5.75 Å². The van der Waals surface area contributed by atoms with E-state index in [-0.39, 0.29) is 6.04 Å². The number of nitrogens with one attached hydrogen (secondary N) is 1. The van der Waals surface area contributed by atoms with Crippen LogP contribution in [0.4, 0.5) is 0 Å². The maximum atomic E-state index is 5.70. The predicted molar refractivity (Wildman–Crippen MR) is 143 cm³/mol. The zero-order chi connectivity index (χ0) is 24.6. The van der Waals surface area contributed by atoms with Gasteiger partial charge >= 0.3 is 0 Å². The SMILES string of the molecule is COc1ccccc1CN(Cc1cccc(CNCc2ccccn2)c1)C1CCCc2cccnc21. The lowest BCUT2D eigenvalue weighted by molar-refractivity contribution is 0.155. The number of para-hydroxylation sites is 1. The molecule has 0 spiro atoms. The average molecular weight is 479 g/mol. The Bertz CT molecular complexity index is 1260. The smallest absolute Gasteiger partial charge is 0.123 e. The van der Waals surface area contributed by atoms with E-state index in [1.54, 1.807) is 7.11 Å². The van der Waals surface area contributed by atoms with Gasteiger partial charge in [0, 0.05) is 44.1 Å². The highest BCUT2D eigenvalue weighted by Gasteiger charge is 2.28. The van der Waals surface area contributed by atoms with Gasteiger partial charge in [-0.15, -0.1) is 0 Å². The highest BCUT2D eigenvalue weighted by molar-refractivity contribution is 5.34. The Balaban J connectivity index is 1.36. The van der Waals surface area contributed by atoms with Crippen molar-refractivity contribution in [2.45, 2.75) is 51.5 Å². The van der Waals surface area contributed by atoms with Crippen LogP contribution in [-0.2, 0) is 32.6 Å². The monoisotopic (exact) mass is 478 g/mol. The molecule has 0 radical (unpaired) electrons. The van der Waals surface area contributed by atoms with E-state index in [1.165, 1.54) is 34.4 Å². The molecule has 2 heterocycles. The van der Waals surface area contributed by atoms with Crippen molar-refractivity contribution in [1.29, 1.82) is 0 Å². The van der Waals surface area contributed by atoms with Gasteiger partial charge in [-0.2, -0.15) is 0 Å². The molecule has 1 N–H and O–H groups in total. The molecular weight excluding hydrogens is 444 g/mol. The lowest BCUT2D eigenvalue weighted by Crippen LogP contribution is -2.31. The summed E-state index contributed by atoms with van der Waals surface area (Å²) in [7, 11) is 1.75. The van der Waals surface area contributed by atoms with Gasteiger partial charge in [0.05, 0.1) is 24.5 Å². The van der Waals surface area contributed by atoms with Gasteiger partial charge in [-0.25, -0.2) is 0 Å². The second-order valence-corrected chi connectivity index (χ2v) is 9.42. The maximum absolute atomic E-state index is 5.70. The van der Waals surface area contributed by atoms with E-state index >= 15 is 0 Å². The van der Waals surface area contributed by atoms with Crippen molar-refractivity contribution in [1.82, 2.24) is 20.2 Å². The Morgan fingerprint density at radius 2 is 1.72 bits per heavy atom. The van der Waals surface area contributed by atoms with E-state index in [2.05, 4.69) is 75.9 Å². The van der Waals surface area contributed by atoms with E-state index in [4.69, 9.17) is 9.72 Å². The third kappa shape index (κ3) is 5.99. The minimum atomic E-state index is 0.283. The molecule has 0 saturated carbocycles. The van der Waals surface area contributed by atoms with Crippen molar-refractivity contribution in [3.63, 3.8) is 0 Å². The van der Waals surface area contributed by atoms with Crippen LogP contribution in [0.1, 0.15) is 52.5 Å². The first-order valence-corrected chi connectivity index (χ1v) is 12.8. The number of fused-ring (bicyclic) bond motifs is 1. The van der Waals surface area contributed by atoms with Crippen LogP contribution in [0.3, 0.4) is 0 Å². The van der Waals surface area contributed by atoms with E-state index < -0.39 is 0 Å². The van der Waals surface area contributed by atoms with Gasteiger partial charge in [0.15, 0.2) is 0 Å². The summed E-state index contributed by atoms with van der Waals surface area (Å²) in [5.41, 5.74) is 7.46. The Labute approximate surface area is 214 Å². The first-order valence-electron chi connectivity index (χ1n) is 12.8. The molecule has 0 saturated heterocycles. The summed E-state index contributed by atoms with van der Waals surface area (Å²) in [5.74, 6) is 0.937. The molecule has 0 amide bonds. The Kier molecular flexibility index (Phi) is 8.01. The topological polar surface area (TPSA) is 50.3 Å². The lowest BCUT2D eigenvalue weighted by Gasteiger charge is -2.35. The standard InChI is InChI=1S/C31H34N4O/c1-36-30-16-3-2-11-27(30)23-35(29-15-7-12-26-13-8-18-34-31(26)29)22-25-10-6-9-24(19-25)20-32-21-28-14-4-5-17-33-28/h2-6,8-11,13-14,16-19,29,32H,7,12,15,20-23H2,1H3. The van der Waals surface area contributed by atoms with Crippen LogP contribution in [0.25, 0.3) is 0 Å². The zero-order valence-corrected chi connectivity index (χ0v) is 20.9. The molecule has 2 aromatic heterocycles. The van der Waals surface area contributed by atoms with Crippen molar-refractivity contribution < 1.29 is 4.74 Å². The highest BCUT2D eigenvalue weighted by Crippen LogP contribution is 2.35. The number of aryl methyl sites for hydroxylation is 1. The molecule has 1 atom stereocenters. The quantitative estimate of drug-likeness (QED) is 0.310. The van der Waals surface area contributed by atoms with Crippen LogP contribution in [0, 0.1) is 0 Å². The summed E-state index contributed by atoms with van der Waals surface area (Å²) < 4.78 is 5.70. The number of benzene rings is 2. The molecule has 184 valence electrons. The fourth-order valence-corrected chi connectivity index (χ4v) is 5.18. The third-order valence-electron chi connectivity index (χ3n) is 6.91. The summed E-state index contributed by atoms with van der Waals surface area (Å²) in [6.07, 6.45) is 7.19. The molecule has 1 aliphatic rings. The second kappa shape index (κ2) is 11.9. The van der Waals surface area contributed by atoms with Crippen LogP contribution in [-0.4, -0.2) is 22.0 Å². The molecule has 5 nitrogen and oxygen atoms in total. The van der Waals surface area contributed by atoms with Crippen LogP contribution < -0.4 is 10.1 Å². The first-order chi connectivity index (χ1) is 17.8. The summed E-state index contributed by atoms with van der Waals surface area (Å²) in [6.45, 7) is 3.24. The van der Waals surface area contributed by atoms with Crippen molar-refractivity contribution in [2.24, 2.45) is 0 Å². The summed E-state index contributed by atoms with van der Waals surface area (Å²) in [5, 5.41) is 3.53. The molecule has 0 fully saturated rings. The van der Waals surface area contributed by atoms with Crippen molar-refractivity contribution in [2.75, 3.05) is 7.11 Å². The van der Waals surface area contributed by atoms with Gasteiger partial charge in [0.1, 0.15) is 5.75 Å². The number of pyridine rings is 2. The molecule has 1 unspecified atom stereocenters. The highest BCUT2D eigenvalue weighted by atomic mass is 16.5. The molecule has 0 bridgehead atoms. The average Bonchev–Trinajstić information content (AvgIpc) is 2.93. The number of methoxy groups -OCH3 is 1. The Hall–Kier alpha value is -3.54. The molecule has 5 heteroatoms. The van der Waals surface area contributed by atoms with Crippen LogP contribution in [0.15, 0.2) is 91.3 Å². The van der Waals surface area contributed by atoms with E-state index in [1.807, 2.05) is 30.6 Å². The van der Waals surface area contributed by atoms with E-state index in [0.29, 0.717) is 0 Å². The van der Waals surface area contributed by atoms with Gasteiger partial charge in [0.25, 0.3) is 0 Å². The number of nitrogens with zero attached hydrogens (tertiary/aromatic N) is 3. The molecule has 1 aliphatic carbocycles. The van der Waals surface area contributed by atoms with Crippen LogP contribution in [0.2, 0.25) is 0 Å². The molecule has 4 aromatic rings. The lowest BCUT2D eigenvalue weighted by atomic mass is 9.90. The normalized spacial score (nSPS) is 15.0. The van der Waals surface area contributed by atoms with Gasteiger partial charge in [0.2, 0.25) is 0 Å².